The van der Waals surface area contributed by atoms with Gasteiger partial charge in [0.2, 0.25) is 0 Å². The highest BCUT2D eigenvalue weighted by molar-refractivity contribution is 5.82. The number of benzene rings is 2. The third-order valence-corrected chi connectivity index (χ3v) is 3.49. The van der Waals surface area contributed by atoms with Crippen LogP contribution in [-0.4, -0.2) is 18.7 Å². The van der Waals surface area contributed by atoms with Crippen LogP contribution in [0.15, 0.2) is 41.5 Å². The number of nitrogens with zero attached hydrogens (tertiary/aromatic N) is 1. The number of amides is 1. The van der Waals surface area contributed by atoms with Crippen LogP contribution in [0.4, 0.5) is 4.39 Å². The van der Waals surface area contributed by atoms with Crippen LogP contribution in [-0.2, 0) is 4.79 Å². The van der Waals surface area contributed by atoms with Crippen molar-refractivity contribution in [1.82, 2.24) is 5.43 Å². The molecule has 0 aromatic heterocycles. The molecule has 0 radical (unpaired) electrons. The highest BCUT2D eigenvalue weighted by atomic mass is 19.1. The van der Waals surface area contributed by atoms with E-state index >= 15 is 0 Å². The van der Waals surface area contributed by atoms with Gasteiger partial charge in [0.1, 0.15) is 11.6 Å². The molecule has 5 heteroatoms. The van der Waals surface area contributed by atoms with Crippen LogP contribution in [0.2, 0.25) is 0 Å². The molecule has 0 aliphatic rings. The van der Waals surface area contributed by atoms with Crippen molar-refractivity contribution in [3.8, 4) is 5.75 Å². The minimum atomic E-state index is -0.358. The molecule has 0 bridgehead atoms. The Morgan fingerprint density at radius 2 is 1.78 bits per heavy atom. The van der Waals surface area contributed by atoms with Gasteiger partial charge in [-0.15, -0.1) is 0 Å². The van der Waals surface area contributed by atoms with E-state index in [1.807, 2.05) is 32.9 Å². The average Bonchev–Trinajstić information content (AvgIpc) is 2.53. The van der Waals surface area contributed by atoms with E-state index < -0.39 is 0 Å². The lowest BCUT2D eigenvalue weighted by molar-refractivity contribution is -0.123. The van der Waals surface area contributed by atoms with Crippen molar-refractivity contribution in [2.24, 2.45) is 5.10 Å². The lowest BCUT2D eigenvalue weighted by Gasteiger charge is -2.13. The summed E-state index contributed by atoms with van der Waals surface area (Å²) in [6, 6.07) is 9.78. The summed E-state index contributed by atoms with van der Waals surface area (Å²) in [4.78, 5) is 11.8. The largest absolute Gasteiger partial charge is 0.483 e. The fourth-order valence-corrected chi connectivity index (χ4v) is 2.05. The number of hydrogen-bond acceptors (Lipinski definition) is 3. The molecule has 0 aliphatic heterocycles. The first kappa shape index (κ1) is 16.7. The molecule has 0 unspecified atom stereocenters. The SMILES string of the molecule is Cc1ccc(C)c(OCC(=O)N/N=C\c2ccc(F)cc2)c1C. The summed E-state index contributed by atoms with van der Waals surface area (Å²) in [6.07, 6.45) is 1.44. The summed E-state index contributed by atoms with van der Waals surface area (Å²) in [7, 11) is 0. The topological polar surface area (TPSA) is 50.7 Å². The van der Waals surface area contributed by atoms with Crippen LogP contribution in [0.25, 0.3) is 0 Å². The standard InChI is InChI=1S/C18H19FN2O2/c1-12-4-5-13(2)18(14(12)3)23-11-17(22)21-20-10-15-6-8-16(19)9-7-15/h4-10H,11H2,1-3H3,(H,21,22)/b20-10-. The summed E-state index contributed by atoms with van der Waals surface area (Å²) in [5.41, 5.74) is 6.19. The number of hydrogen-bond donors (Lipinski definition) is 1. The molecule has 0 saturated heterocycles. The summed E-state index contributed by atoms with van der Waals surface area (Å²) in [5, 5.41) is 3.82. The molecule has 0 spiro atoms. The van der Waals surface area contributed by atoms with E-state index in [1.165, 1.54) is 18.3 Å². The van der Waals surface area contributed by atoms with Gasteiger partial charge in [-0.05, 0) is 55.2 Å². The van der Waals surface area contributed by atoms with Crippen LogP contribution in [0.1, 0.15) is 22.3 Å². The van der Waals surface area contributed by atoms with Crippen LogP contribution < -0.4 is 10.2 Å². The Morgan fingerprint density at radius 3 is 2.48 bits per heavy atom. The van der Waals surface area contributed by atoms with Crippen molar-refractivity contribution in [2.75, 3.05) is 6.61 Å². The molecule has 23 heavy (non-hydrogen) atoms. The van der Waals surface area contributed by atoms with Crippen LogP contribution in [0, 0.1) is 26.6 Å². The van der Waals surface area contributed by atoms with Gasteiger partial charge in [0.25, 0.3) is 5.91 Å². The van der Waals surface area contributed by atoms with Crippen molar-refractivity contribution < 1.29 is 13.9 Å². The van der Waals surface area contributed by atoms with Crippen molar-refractivity contribution in [3.05, 3.63) is 64.5 Å². The van der Waals surface area contributed by atoms with E-state index in [0.29, 0.717) is 5.56 Å². The molecule has 0 fully saturated rings. The zero-order chi connectivity index (χ0) is 16.8. The second-order valence-corrected chi connectivity index (χ2v) is 5.29. The number of hydrazone groups is 1. The summed E-state index contributed by atoms with van der Waals surface area (Å²) >= 11 is 0. The van der Waals surface area contributed by atoms with Gasteiger partial charge in [-0.3, -0.25) is 4.79 Å². The third kappa shape index (κ3) is 4.64. The van der Waals surface area contributed by atoms with Gasteiger partial charge < -0.3 is 4.74 Å². The number of aryl methyl sites for hydroxylation is 2. The summed E-state index contributed by atoms with van der Waals surface area (Å²) < 4.78 is 18.4. The number of carbonyl (C=O) groups excluding carboxylic acids is 1. The molecule has 2 aromatic rings. The zero-order valence-electron chi connectivity index (χ0n) is 13.4. The van der Waals surface area contributed by atoms with Gasteiger partial charge >= 0.3 is 0 Å². The van der Waals surface area contributed by atoms with E-state index in [4.69, 9.17) is 4.74 Å². The lowest BCUT2D eigenvalue weighted by atomic mass is 10.1. The van der Waals surface area contributed by atoms with Crippen molar-refractivity contribution in [1.29, 1.82) is 0 Å². The second kappa shape index (κ2) is 7.54. The Bertz CT molecular complexity index is 725. The normalized spacial score (nSPS) is 10.8. The van der Waals surface area contributed by atoms with Gasteiger partial charge in [0, 0.05) is 0 Å². The zero-order valence-corrected chi connectivity index (χ0v) is 13.4. The van der Waals surface area contributed by atoms with Crippen LogP contribution in [0.5, 0.6) is 5.75 Å². The predicted octanol–water partition coefficient (Wildman–Crippen LogP) is 3.28. The number of carbonyl (C=O) groups is 1. The Balaban J connectivity index is 1.88. The predicted molar refractivity (Wildman–Crippen MR) is 88.3 cm³/mol. The molecule has 1 amide bonds. The number of halogens is 1. The smallest absolute Gasteiger partial charge is 0.277 e. The molecule has 0 aliphatic carbocycles. The highest BCUT2D eigenvalue weighted by Gasteiger charge is 2.08. The number of ether oxygens (including phenoxy) is 1. The molecule has 1 N–H and O–H groups in total. The molecule has 120 valence electrons. The van der Waals surface area contributed by atoms with Gasteiger partial charge in [-0.2, -0.15) is 5.10 Å². The Labute approximate surface area is 135 Å². The molecule has 0 atom stereocenters. The number of nitrogens with one attached hydrogen (secondary N) is 1. The first-order chi connectivity index (χ1) is 11.0. The van der Waals surface area contributed by atoms with Crippen molar-refractivity contribution >= 4 is 12.1 Å². The van der Waals surface area contributed by atoms with Crippen molar-refractivity contribution in [3.63, 3.8) is 0 Å². The van der Waals surface area contributed by atoms with E-state index in [2.05, 4.69) is 10.5 Å². The quantitative estimate of drug-likeness (QED) is 0.680. The highest BCUT2D eigenvalue weighted by Crippen LogP contribution is 2.25. The maximum Gasteiger partial charge on any atom is 0.277 e. The molecule has 0 heterocycles. The maximum absolute atomic E-state index is 12.8. The first-order valence-electron chi connectivity index (χ1n) is 7.24. The molecular formula is C18H19FN2O2. The Hall–Kier alpha value is -2.69. The molecule has 0 saturated carbocycles. The maximum atomic E-state index is 12.8. The van der Waals surface area contributed by atoms with Gasteiger partial charge in [0.05, 0.1) is 6.21 Å². The monoisotopic (exact) mass is 314 g/mol. The van der Waals surface area contributed by atoms with E-state index in [1.54, 1.807) is 12.1 Å². The number of rotatable bonds is 5. The summed E-state index contributed by atoms with van der Waals surface area (Å²) in [5.74, 6) is 0.0508. The van der Waals surface area contributed by atoms with Gasteiger partial charge in [-0.1, -0.05) is 24.3 Å². The van der Waals surface area contributed by atoms with E-state index in [0.717, 1.165) is 22.4 Å². The Morgan fingerprint density at radius 1 is 1.13 bits per heavy atom. The third-order valence-electron chi connectivity index (χ3n) is 3.49. The fraction of sp³-hybridized carbons (Fsp3) is 0.222. The van der Waals surface area contributed by atoms with E-state index in [-0.39, 0.29) is 18.3 Å². The van der Waals surface area contributed by atoms with Crippen molar-refractivity contribution in [2.45, 2.75) is 20.8 Å². The second-order valence-electron chi connectivity index (χ2n) is 5.29. The molecular weight excluding hydrogens is 295 g/mol. The molecule has 4 nitrogen and oxygen atoms in total. The van der Waals surface area contributed by atoms with Gasteiger partial charge in [-0.25, -0.2) is 9.82 Å². The lowest BCUT2D eigenvalue weighted by Crippen LogP contribution is -2.25. The van der Waals surface area contributed by atoms with Gasteiger partial charge in [0.15, 0.2) is 6.61 Å². The minimum absolute atomic E-state index is 0.119. The molecule has 2 aromatic carbocycles. The van der Waals surface area contributed by atoms with Crippen LogP contribution in [0.3, 0.4) is 0 Å². The Kier molecular flexibility index (Phi) is 5.46. The molecule has 2 rings (SSSR count). The fourth-order valence-electron chi connectivity index (χ4n) is 2.05. The van der Waals surface area contributed by atoms with E-state index in [9.17, 15) is 9.18 Å². The first-order valence-corrected chi connectivity index (χ1v) is 7.24. The minimum Gasteiger partial charge on any atom is -0.483 e. The average molecular weight is 314 g/mol. The summed E-state index contributed by atoms with van der Waals surface area (Å²) in [6.45, 7) is 5.77. The van der Waals surface area contributed by atoms with Crippen LogP contribution >= 0.6 is 0 Å².